The van der Waals surface area contributed by atoms with E-state index >= 15 is 0 Å². The normalized spacial score (nSPS) is 10.8. The van der Waals surface area contributed by atoms with Gasteiger partial charge >= 0.3 is 0 Å². The molecule has 0 saturated heterocycles. The second-order valence-electron chi connectivity index (χ2n) is 3.07. The Balaban J connectivity index is 2.66. The summed E-state index contributed by atoms with van der Waals surface area (Å²) in [5.74, 6) is 0.812. The molecule has 0 spiro atoms. The van der Waals surface area contributed by atoms with Gasteiger partial charge in [0.05, 0.1) is 12.1 Å². The smallest absolute Gasteiger partial charge is 0.163 e. The van der Waals surface area contributed by atoms with Crippen LogP contribution in [0.1, 0.15) is 12.5 Å². The van der Waals surface area contributed by atoms with Gasteiger partial charge in [-0.05, 0) is 41.4 Å². The van der Waals surface area contributed by atoms with Gasteiger partial charge in [-0.25, -0.2) is 4.98 Å². The molecule has 0 atom stereocenters. The van der Waals surface area contributed by atoms with Gasteiger partial charge in [0.25, 0.3) is 0 Å². The number of aromatic nitrogens is 2. The standard InChI is InChI=1S/C10H11BrN2O/c1-3-14-7-5-12-9-6(2)4-8(11)13-10(7)9/h4-5,12H,3H2,1-2H3. The molecule has 0 aliphatic heterocycles. The summed E-state index contributed by atoms with van der Waals surface area (Å²) in [6, 6.07) is 1.98. The van der Waals surface area contributed by atoms with Crippen LogP contribution < -0.4 is 4.74 Å². The summed E-state index contributed by atoms with van der Waals surface area (Å²) in [5.41, 5.74) is 3.09. The number of nitrogens with zero attached hydrogens (tertiary/aromatic N) is 1. The third kappa shape index (κ3) is 1.50. The van der Waals surface area contributed by atoms with Crippen molar-refractivity contribution in [1.29, 1.82) is 0 Å². The van der Waals surface area contributed by atoms with Gasteiger partial charge in [0.15, 0.2) is 5.75 Å². The Kier molecular flexibility index (Phi) is 2.46. The number of rotatable bonds is 2. The van der Waals surface area contributed by atoms with Crippen LogP contribution in [-0.4, -0.2) is 16.6 Å². The first-order valence-electron chi connectivity index (χ1n) is 4.49. The van der Waals surface area contributed by atoms with Gasteiger partial charge in [0.1, 0.15) is 10.1 Å². The first-order chi connectivity index (χ1) is 6.72. The molecule has 4 heteroatoms. The Morgan fingerprint density at radius 2 is 2.36 bits per heavy atom. The van der Waals surface area contributed by atoms with Gasteiger partial charge < -0.3 is 9.72 Å². The van der Waals surface area contributed by atoms with Crippen molar-refractivity contribution in [3.8, 4) is 5.75 Å². The average Bonchev–Trinajstić information content (AvgIpc) is 2.49. The molecule has 0 aliphatic carbocycles. The molecule has 2 rings (SSSR count). The minimum Gasteiger partial charge on any atom is -0.490 e. The minimum atomic E-state index is 0.653. The van der Waals surface area contributed by atoms with Crippen LogP contribution >= 0.6 is 15.9 Å². The van der Waals surface area contributed by atoms with Crippen molar-refractivity contribution in [3.63, 3.8) is 0 Å². The summed E-state index contributed by atoms with van der Waals surface area (Å²) < 4.78 is 6.29. The van der Waals surface area contributed by atoms with Crippen LogP contribution in [0.2, 0.25) is 0 Å². The number of hydrogen-bond donors (Lipinski definition) is 1. The van der Waals surface area contributed by atoms with Crippen molar-refractivity contribution < 1.29 is 4.74 Å². The fourth-order valence-electron chi connectivity index (χ4n) is 1.46. The molecule has 2 aromatic rings. The number of fused-ring (bicyclic) bond motifs is 1. The Bertz CT molecular complexity index is 464. The highest BCUT2D eigenvalue weighted by molar-refractivity contribution is 9.10. The molecule has 2 heterocycles. The molecule has 0 saturated carbocycles. The quantitative estimate of drug-likeness (QED) is 0.837. The molecule has 0 radical (unpaired) electrons. The average molecular weight is 255 g/mol. The summed E-state index contributed by atoms with van der Waals surface area (Å²) in [5, 5.41) is 0. The van der Waals surface area contributed by atoms with Crippen LogP contribution in [0, 0.1) is 6.92 Å². The lowest BCUT2D eigenvalue weighted by atomic mass is 10.2. The predicted octanol–water partition coefficient (Wildman–Crippen LogP) is 3.03. The van der Waals surface area contributed by atoms with E-state index in [1.807, 2.05) is 26.1 Å². The van der Waals surface area contributed by atoms with Crippen LogP contribution in [0.4, 0.5) is 0 Å². The van der Waals surface area contributed by atoms with E-state index in [-0.39, 0.29) is 0 Å². The second kappa shape index (κ2) is 3.61. The predicted molar refractivity (Wildman–Crippen MR) is 59.7 cm³/mol. The highest BCUT2D eigenvalue weighted by atomic mass is 79.9. The van der Waals surface area contributed by atoms with Gasteiger partial charge in [0, 0.05) is 6.20 Å². The van der Waals surface area contributed by atoms with Gasteiger partial charge in [0.2, 0.25) is 0 Å². The zero-order valence-corrected chi connectivity index (χ0v) is 9.68. The SMILES string of the molecule is CCOc1c[nH]c2c(C)cc(Br)nc12. The summed E-state index contributed by atoms with van der Waals surface area (Å²) >= 11 is 3.37. The second-order valence-corrected chi connectivity index (χ2v) is 3.88. The molecule has 0 amide bonds. The van der Waals surface area contributed by atoms with Crippen LogP contribution in [0.25, 0.3) is 11.0 Å². The molecule has 0 aliphatic rings. The van der Waals surface area contributed by atoms with E-state index < -0.39 is 0 Å². The monoisotopic (exact) mass is 254 g/mol. The maximum Gasteiger partial charge on any atom is 0.163 e. The number of ether oxygens (including phenoxy) is 1. The number of pyridine rings is 1. The van der Waals surface area contributed by atoms with E-state index in [1.165, 1.54) is 0 Å². The van der Waals surface area contributed by atoms with Crippen LogP contribution in [0.5, 0.6) is 5.75 Å². The first kappa shape index (κ1) is 9.52. The van der Waals surface area contributed by atoms with Crippen molar-refractivity contribution in [2.75, 3.05) is 6.61 Å². The Morgan fingerprint density at radius 1 is 1.57 bits per heavy atom. The van der Waals surface area contributed by atoms with Crippen LogP contribution in [-0.2, 0) is 0 Å². The molecule has 1 N–H and O–H groups in total. The molecule has 0 fully saturated rings. The number of hydrogen-bond acceptors (Lipinski definition) is 2. The maximum atomic E-state index is 5.45. The van der Waals surface area contributed by atoms with Crippen molar-refractivity contribution in [1.82, 2.24) is 9.97 Å². The highest BCUT2D eigenvalue weighted by Crippen LogP contribution is 2.27. The van der Waals surface area contributed by atoms with E-state index in [0.29, 0.717) is 6.61 Å². The number of aromatic amines is 1. The third-order valence-corrected chi connectivity index (χ3v) is 2.47. The summed E-state index contributed by atoms with van der Waals surface area (Å²) in [4.78, 5) is 7.54. The summed E-state index contributed by atoms with van der Waals surface area (Å²) in [7, 11) is 0. The zero-order chi connectivity index (χ0) is 10.1. The van der Waals surface area contributed by atoms with Crippen LogP contribution in [0.3, 0.4) is 0 Å². The van der Waals surface area contributed by atoms with Crippen molar-refractivity contribution in [3.05, 3.63) is 22.4 Å². The molecule has 74 valence electrons. The van der Waals surface area contributed by atoms with E-state index in [1.54, 1.807) is 0 Å². The van der Waals surface area contributed by atoms with Gasteiger partial charge in [-0.3, -0.25) is 0 Å². The topological polar surface area (TPSA) is 37.9 Å². The molecule has 0 unspecified atom stereocenters. The van der Waals surface area contributed by atoms with Gasteiger partial charge in [-0.1, -0.05) is 0 Å². The highest BCUT2D eigenvalue weighted by Gasteiger charge is 2.08. The number of halogens is 1. The van der Waals surface area contributed by atoms with E-state index in [2.05, 4.69) is 25.9 Å². The molecular weight excluding hydrogens is 244 g/mol. The minimum absolute atomic E-state index is 0.653. The summed E-state index contributed by atoms with van der Waals surface area (Å²) in [6.07, 6.45) is 1.85. The number of H-pyrrole nitrogens is 1. The zero-order valence-electron chi connectivity index (χ0n) is 8.10. The fraction of sp³-hybridized carbons (Fsp3) is 0.300. The molecule has 2 aromatic heterocycles. The van der Waals surface area contributed by atoms with E-state index in [0.717, 1.165) is 26.9 Å². The Labute approximate surface area is 90.6 Å². The number of nitrogens with one attached hydrogen (secondary N) is 1. The van der Waals surface area contributed by atoms with Crippen molar-refractivity contribution in [2.24, 2.45) is 0 Å². The lowest BCUT2D eigenvalue weighted by molar-refractivity contribution is 0.343. The van der Waals surface area contributed by atoms with Crippen molar-refractivity contribution >= 4 is 27.0 Å². The van der Waals surface area contributed by atoms with Crippen LogP contribution in [0.15, 0.2) is 16.9 Å². The largest absolute Gasteiger partial charge is 0.490 e. The maximum absolute atomic E-state index is 5.45. The third-order valence-electron chi connectivity index (χ3n) is 2.07. The van der Waals surface area contributed by atoms with Crippen molar-refractivity contribution in [2.45, 2.75) is 13.8 Å². The molecule has 14 heavy (non-hydrogen) atoms. The lowest BCUT2D eigenvalue weighted by Crippen LogP contribution is -1.91. The Hall–Kier alpha value is -1.03. The fourth-order valence-corrected chi connectivity index (χ4v) is 1.99. The van der Waals surface area contributed by atoms with E-state index in [9.17, 15) is 0 Å². The molecule has 0 aromatic carbocycles. The first-order valence-corrected chi connectivity index (χ1v) is 5.28. The molecule has 3 nitrogen and oxygen atoms in total. The Morgan fingerprint density at radius 3 is 3.07 bits per heavy atom. The molecule has 0 bridgehead atoms. The van der Waals surface area contributed by atoms with Gasteiger partial charge in [-0.15, -0.1) is 0 Å². The van der Waals surface area contributed by atoms with Gasteiger partial charge in [-0.2, -0.15) is 0 Å². The number of aryl methyl sites for hydroxylation is 1. The van der Waals surface area contributed by atoms with E-state index in [4.69, 9.17) is 4.74 Å². The molecular formula is C10H11BrN2O. The summed E-state index contributed by atoms with van der Waals surface area (Å²) in [6.45, 7) is 4.66. The lowest BCUT2D eigenvalue weighted by Gasteiger charge is -2.00.